The van der Waals surface area contributed by atoms with Crippen LogP contribution in [0.4, 0.5) is 0 Å². The summed E-state index contributed by atoms with van der Waals surface area (Å²) >= 11 is 0. The number of nitrogens with zero attached hydrogens (tertiary/aromatic N) is 3. The van der Waals surface area contributed by atoms with Gasteiger partial charge in [0.05, 0.1) is 24.3 Å². The number of rotatable bonds is 7. The Hall–Kier alpha value is -1.72. The number of hydrogen-bond acceptors (Lipinski definition) is 4. The molecule has 146 valence electrons. The summed E-state index contributed by atoms with van der Waals surface area (Å²) in [5.74, 6) is 0. The summed E-state index contributed by atoms with van der Waals surface area (Å²) in [7, 11) is 8.73. The number of likely N-dealkylation sites (N-methyl/N-ethyl adjacent to an activating group) is 2. The van der Waals surface area contributed by atoms with Crippen LogP contribution in [0.15, 0.2) is 60.7 Å². The Bertz CT molecular complexity index is 637. The van der Waals surface area contributed by atoms with E-state index in [4.69, 9.17) is 0 Å². The molecule has 1 aliphatic heterocycles. The third-order valence-electron chi connectivity index (χ3n) is 5.68. The van der Waals surface area contributed by atoms with Crippen LogP contribution in [0.2, 0.25) is 0 Å². The zero-order valence-electron chi connectivity index (χ0n) is 17.3. The fraction of sp³-hybridized carbons (Fsp3) is 0.478. The zero-order chi connectivity index (χ0) is 19.4. The van der Waals surface area contributed by atoms with Crippen LogP contribution in [-0.4, -0.2) is 55.2 Å². The Kier molecular flexibility index (Phi) is 6.66. The summed E-state index contributed by atoms with van der Waals surface area (Å²) in [5, 5.41) is 2.09. The maximum absolute atomic E-state index is 3.68. The Labute approximate surface area is 164 Å². The SMILES string of the molecule is CCC[C@H](NN(C)C)C1N(C)[C@@H](c2ccccc2)[C@H](c2ccccc2)N1C. The van der Waals surface area contributed by atoms with Gasteiger partial charge < -0.3 is 0 Å². The molecular formula is C23H34N4. The predicted molar refractivity (Wildman–Crippen MR) is 113 cm³/mol. The highest BCUT2D eigenvalue weighted by atomic mass is 15.5. The second-order valence-electron chi connectivity index (χ2n) is 7.87. The fourth-order valence-corrected chi connectivity index (χ4v) is 4.69. The maximum atomic E-state index is 3.68. The van der Waals surface area contributed by atoms with Crippen molar-refractivity contribution in [2.45, 2.75) is 44.1 Å². The lowest BCUT2D eigenvalue weighted by atomic mass is 9.93. The van der Waals surface area contributed by atoms with Gasteiger partial charge in [-0.3, -0.25) is 14.8 Å². The molecule has 0 saturated carbocycles. The van der Waals surface area contributed by atoms with Gasteiger partial charge in [0.25, 0.3) is 0 Å². The normalized spacial score (nSPS) is 23.2. The second kappa shape index (κ2) is 8.98. The number of benzene rings is 2. The fourth-order valence-electron chi connectivity index (χ4n) is 4.69. The lowest BCUT2D eigenvalue weighted by Gasteiger charge is -2.36. The number of nitrogens with one attached hydrogen (secondary N) is 1. The van der Waals surface area contributed by atoms with E-state index in [1.807, 2.05) is 0 Å². The van der Waals surface area contributed by atoms with E-state index in [2.05, 4.69) is 116 Å². The Balaban J connectivity index is 2.02. The van der Waals surface area contributed by atoms with E-state index < -0.39 is 0 Å². The molecule has 1 saturated heterocycles. The molecule has 0 unspecified atom stereocenters. The monoisotopic (exact) mass is 366 g/mol. The molecule has 27 heavy (non-hydrogen) atoms. The maximum Gasteiger partial charge on any atom is 0.0800 e. The lowest BCUT2D eigenvalue weighted by molar-refractivity contribution is 0.0745. The molecule has 2 aromatic rings. The first-order chi connectivity index (χ1) is 13.0. The van der Waals surface area contributed by atoms with Gasteiger partial charge in [0.2, 0.25) is 0 Å². The van der Waals surface area contributed by atoms with Gasteiger partial charge in [-0.05, 0) is 31.6 Å². The van der Waals surface area contributed by atoms with Crippen LogP contribution < -0.4 is 5.43 Å². The molecule has 1 heterocycles. The third kappa shape index (κ3) is 4.25. The molecule has 1 N–H and O–H groups in total. The smallest absolute Gasteiger partial charge is 0.0800 e. The van der Waals surface area contributed by atoms with Crippen LogP contribution in [0.1, 0.15) is 43.0 Å². The third-order valence-corrected chi connectivity index (χ3v) is 5.68. The van der Waals surface area contributed by atoms with Gasteiger partial charge >= 0.3 is 0 Å². The Morgan fingerprint density at radius 1 is 0.852 bits per heavy atom. The molecule has 2 aromatic carbocycles. The number of hydrazine groups is 1. The molecule has 3 rings (SSSR count). The molecule has 3 atom stereocenters. The van der Waals surface area contributed by atoms with Gasteiger partial charge in [0, 0.05) is 14.1 Å². The van der Waals surface area contributed by atoms with E-state index in [-0.39, 0.29) is 0 Å². The number of hydrogen-bond donors (Lipinski definition) is 1. The van der Waals surface area contributed by atoms with Crippen molar-refractivity contribution in [1.29, 1.82) is 0 Å². The van der Waals surface area contributed by atoms with Crippen molar-refractivity contribution < 1.29 is 0 Å². The van der Waals surface area contributed by atoms with Crippen molar-refractivity contribution in [2.75, 3.05) is 28.2 Å². The van der Waals surface area contributed by atoms with Crippen LogP contribution in [0.5, 0.6) is 0 Å². The molecule has 4 heteroatoms. The molecular weight excluding hydrogens is 332 g/mol. The van der Waals surface area contributed by atoms with Crippen molar-refractivity contribution in [3.05, 3.63) is 71.8 Å². The van der Waals surface area contributed by atoms with Gasteiger partial charge in [-0.25, -0.2) is 5.43 Å². The summed E-state index contributed by atoms with van der Waals surface area (Å²) in [6.07, 6.45) is 2.62. The highest BCUT2D eigenvalue weighted by Gasteiger charge is 2.47. The molecule has 1 fully saturated rings. The van der Waals surface area contributed by atoms with Gasteiger partial charge in [0.15, 0.2) is 0 Å². The largest absolute Gasteiger partial charge is 0.281 e. The molecule has 0 spiro atoms. The molecule has 4 nitrogen and oxygen atoms in total. The molecule has 0 aliphatic carbocycles. The van der Waals surface area contributed by atoms with Crippen LogP contribution in [0.25, 0.3) is 0 Å². The van der Waals surface area contributed by atoms with Gasteiger partial charge in [-0.2, -0.15) is 0 Å². The summed E-state index contributed by atoms with van der Waals surface area (Å²) in [6, 6.07) is 22.9. The molecule has 1 aliphatic rings. The van der Waals surface area contributed by atoms with Crippen LogP contribution in [0, 0.1) is 0 Å². The summed E-state index contributed by atoms with van der Waals surface area (Å²) < 4.78 is 0. The summed E-state index contributed by atoms with van der Waals surface area (Å²) in [6.45, 7) is 2.27. The van der Waals surface area contributed by atoms with E-state index >= 15 is 0 Å². The zero-order valence-corrected chi connectivity index (χ0v) is 17.3. The van der Waals surface area contributed by atoms with E-state index in [1.54, 1.807) is 0 Å². The topological polar surface area (TPSA) is 21.8 Å². The average Bonchev–Trinajstić information content (AvgIpc) is 2.93. The molecule has 0 aromatic heterocycles. The first-order valence-electron chi connectivity index (χ1n) is 10.0. The summed E-state index contributed by atoms with van der Waals surface area (Å²) in [4.78, 5) is 5.12. The van der Waals surface area contributed by atoms with Gasteiger partial charge in [0.1, 0.15) is 0 Å². The first kappa shape index (κ1) is 20.0. The second-order valence-corrected chi connectivity index (χ2v) is 7.87. The van der Waals surface area contributed by atoms with Crippen molar-refractivity contribution in [2.24, 2.45) is 0 Å². The quantitative estimate of drug-likeness (QED) is 0.750. The van der Waals surface area contributed by atoms with Crippen molar-refractivity contribution in [3.63, 3.8) is 0 Å². The van der Waals surface area contributed by atoms with E-state index in [0.717, 1.165) is 12.8 Å². The van der Waals surface area contributed by atoms with Gasteiger partial charge in [-0.1, -0.05) is 74.0 Å². The van der Waals surface area contributed by atoms with Crippen molar-refractivity contribution >= 4 is 0 Å². The van der Waals surface area contributed by atoms with Crippen molar-refractivity contribution in [3.8, 4) is 0 Å². The average molecular weight is 367 g/mol. The predicted octanol–water partition coefficient (Wildman–Crippen LogP) is 3.91. The minimum atomic E-state index is 0.322. The summed E-state index contributed by atoms with van der Waals surface area (Å²) in [5.41, 5.74) is 6.43. The minimum absolute atomic E-state index is 0.322. The highest BCUT2D eigenvalue weighted by molar-refractivity contribution is 5.30. The Morgan fingerprint density at radius 3 is 1.67 bits per heavy atom. The molecule has 0 amide bonds. The van der Waals surface area contributed by atoms with Gasteiger partial charge in [-0.15, -0.1) is 0 Å². The highest BCUT2D eigenvalue weighted by Crippen LogP contribution is 2.46. The van der Waals surface area contributed by atoms with E-state index in [0.29, 0.717) is 24.3 Å². The van der Waals surface area contributed by atoms with Crippen LogP contribution >= 0.6 is 0 Å². The molecule has 0 bridgehead atoms. The van der Waals surface area contributed by atoms with Crippen LogP contribution in [-0.2, 0) is 0 Å². The van der Waals surface area contributed by atoms with E-state index in [9.17, 15) is 0 Å². The lowest BCUT2D eigenvalue weighted by Crippen LogP contribution is -2.55. The van der Waals surface area contributed by atoms with Crippen molar-refractivity contribution in [1.82, 2.24) is 20.2 Å². The Morgan fingerprint density at radius 2 is 1.30 bits per heavy atom. The van der Waals surface area contributed by atoms with Crippen LogP contribution in [0.3, 0.4) is 0 Å². The minimum Gasteiger partial charge on any atom is -0.281 e. The molecule has 0 radical (unpaired) electrons. The first-order valence-corrected chi connectivity index (χ1v) is 10.0. The van der Waals surface area contributed by atoms with E-state index in [1.165, 1.54) is 11.1 Å². The standard InChI is InChI=1S/C23H34N4/c1-6-13-20(24-25(2)3)23-26(4)21(18-14-9-7-10-15-18)22(27(23)5)19-16-11-8-12-17-19/h7-12,14-17,20-24H,6,13H2,1-5H3/t20-,21-,22-/m0/s1.